The summed E-state index contributed by atoms with van der Waals surface area (Å²) < 4.78 is 113. The molecule has 5 aromatic heterocycles. The summed E-state index contributed by atoms with van der Waals surface area (Å²) in [6.07, 6.45) is -9.80. The molecule has 0 atom stereocenters. The Morgan fingerprint density at radius 2 is 1.32 bits per heavy atom. The second-order valence-corrected chi connectivity index (χ2v) is 13.3. The first-order chi connectivity index (χ1) is 26.9. The standard InChI is InChI=1S/C24H19ClF3N5O.C7H5ClF3N.C7H7F3N2.CH4/c1-13-19(20(24(26,27)28)10-22(29)33-13)12-32-23(34)15-4-5-30-18(9-15)7-14-2-3-21-16(6-14)8-17(25)11-31-21;1-4-2-5(7(9,10)11)3-6(8)12-4;1-4-2-5(7(8,9)10)3-6(11)12-4;/h2-6,8-11H,7,12H2,1H3,(H2,29,33)(H,32,34);2-3H,1H3;2-3H,1H3,(H2,11,12);1H4. The Morgan fingerprint density at radius 1 is 0.712 bits per heavy atom. The van der Waals surface area contributed by atoms with Crippen molar-refractivity contribution >= 4 is 51.6 Å². The topological polar surface area (TPSA) is 146 Å². The van der Waals surface area contributed by atoms with Crippen molar-refractivity contribution in [2.75, 3.05) is 11.5 Å². The van der Waals surface area contributed by atoms with Crippen LogP contribution in [-0.2, 0) is 31.5 Å². The number of rotatable bonds is 5. The van der Waals surface area contributed by atoms with E-state index in [9.17, 15) is 44.3 Å². The number of anilines is 2. The highest BCUT2D eigenvalue weighted by Crippen LogP contribution is 2.34. The third-order valence-electron chi connectivity index (χ3n) is 7.81. The van der Waals surface area contributed by atoms with Gasteiger partial charge in [-0.05, 0) is 87.0 Å². The first kappa shape index (κ1) is 47.6. The van der Waals surface area contributed by atoms with Crippen molar-refractivity contribution in [3.8, 4) is 0 Å². The van der Waals surface area contributed by atoms with E-state index >= 15 is 0 Å². The second-order valence-electron chi connectivity index (χ2n) is 12.5. The number of aromatic nitrogens is 5. The maximum absolute atomic E-state index is 13.4. The maximum atomic E-state index is 13.4. The minimum atomic E-state index is -4.62. The Balaban J connectivity index is 0.000000304. The lowest BCUT2D eigenvalue weighted by Crippen LogP contribution is -2.26. The molecular formula is C39H35Cl2F9N8O. The normalized spacial score (nSPS) is 11.4. The Bertz CT molecular complexity index is 2320. The first-order valence-corrected chi connectivity index (χ1v) is 17.3. The van der Waals surface area contributed by atoms with Gasteiger partial charge in [-0.2, -0.15) is 39.5 Å². The Hall–Kier alpha value is -5.75. The van der Waals surface area contributed by atoms with Crippen molar-refractivity contribution in [1.29, 1.82) is 0 Å². The van der Waals surface area contributed by atoms with Crippen LogP contribution in [-0.4, -0.2) is 30.8 Å². The number of benzene rings is 1. The quantitative estimate of drug-likeness (QED) is 0.115. The number of nitrogens with one attached hydrogen (secondary N) is 1. The van der Waals surface area contributed by atoms with Crippen LogP contribution < -0.4 is 16.8 Å². The number of carbonyl (C=O) groups is 1. The lowest BCUT2D eigenvalue weighted by Gasteiger charge is -2.16. The molecule has 0 unspecified atom stereocenters. The van der Waals surface area contributed by atoms with Gasteiger partial charge in [-0.3, -0.25) is 14.8 Å². The van der Waals surface area contributed by atoms with Crippen LogP contribution in [0.3, 0.4) is 0 Å². The zero-order valence-corrected chi connectivity index (χ0v) is 31.9. The van der Waals surface area contributed by atoms with E-state index in [4.69, 9.17) is 34.7 Å². The van der Waals surface area contributed by atoms with Crippen LogP contribution in [0.2, 0.25) is 10.2 Å². The van der Waals surface area contributed by atoms with Gasteiger partial charge in [-0.25, -0.2) is 15.0 Å². The largest absolute Gasteiger partial charge is 0.416 e. The molecule has 0 radical (unpaired) electrons. The van der Waals surface area contributed by atoms with Crippen LogP contribution >= 0.6 is 23.2 Å². The number of nitrogens with two attached hydrogens (primary N) is 2. The van der Waals surface area contributed by atoms with E-state index in [1.165, 1.54) is 33.0 Å². The number of fused-ring (bicyclic) bond motifs is 1. The van der Waals surface area contributed by atoms with Crippen molar-refractivity contribution in [3.05, 3.63) is 145 Å². The van der Waals surface area contributed by atoms with Crippen molar-refractivity contribution in [2.24, 2.45) is 0 Å². The van der Waals surface area contributed by atoms with Crippen LogP contribution in [0.5, 0.6) is 0 Å². The van der Waals surface area contributed by atoms with Crippen LogP contribution in [0.1, 0.15) is 68.4 Å². The fraction of sp³-hybridized carbons (Fsp3) is 0.231. The van der Waals surface area contributed by atoms with E-state index in [-0.39, 0.29) is 59.0 Å². The molecular weight excluding hydrogens is 838 g/mol. The summed E-state index contributed by atoms with van der Waals surface area (Å²) in [5, 5.41) is 3.81. The SMILES string of the molecule is C.Cc1cc(C(F)(F)F)cc(Cl)n1.Cc1cc(C(F)(F)F)cc(N)n1.Cc1nc(N)cc(C(F)(F)F)c1CNC(=O)c1ccnc(Cc2ccc3ncc(Cl)cc3c2)c1. The summed E-state index contributed by atoms with van der Waals surface area (Å²) in [5.74, 6) is -0.866. The second kappa shape index (κ2) is 19.3. The molecule has 5 N–H and O–H groups in total. The summed E-state index contributed by atoms with van der Waals surface area (Å²) in [4.78, 5) is 32.4. The zero-order valence-electron chi connectivity index (χ0n) is 30.4. The van der Waals surface area contributed by atoms with Crippen LogP contribution in [0, 0.1) is 20.8 Å². The molecule has 6 rings (SSSR count). The van der Waals surface area contributed by atoms with E-state index in [1.807, 2.05) is 24.3 Å². The molecule has 0 saturated carbocycles. The van der Waals surface area contributed by atoms with Crippen LogP contribution in [0.4, 0.5) is 51.1 Å². The summed E-state index contributed by atoms with van der Waals surface area (Å²) >= 11 is 11.4. The van der Waals surface area contributed by atoms with Gasteiger partial charge in [0, 0.05) is 64.6 Å². The van der Waals surface area contributed by atoms with Gasteiger partial charge in [0.25, 0.3) is 5.91 Å². The number of pyridine rings is 5. The van der Waals surface area contributed by atoms with Gasteiger partial charge in [0.05, 0.1) is 27.2 Å². The molecule has 0 aliphatic rings. The molecule has 0 aliphatic heterocycles. The fourth-order valence-corrected chi connectivity index (χ4v) is 5.73. The number of hydrogen-bond acceptors (Lipinski definition) is 8. The lowest BCUT2D eigenvalue weighted by atomic mass is 10.0. The van der Waals surface area contributed by atoms with Gasteiger partial charge in [0.1, 0.15) is 16.8 Å². The monoisotopic (exact) mass is 872 g/mol. The maximum Gasteiger partial charge on any atom is 0.416 e. The van der Waals surface area contributed by atoms with Gasteiger partial charge in [0.2, 0.25) is 0 Å². The van der Waals surface area contributed by atoms with Gasteiger partial charge in [0.15, 0.2) is 0 Å². The highest BCUT2D eigenvalue weighted by Gasteiger charge is 2.35. The zero-order chi connectivity index (χ0) is 43.2. The fourth-order valence-electron chi connectivity index (χ4n) is 5.31. The van der Waals surface area contributed by atoms with Crippen molar-refractivity contribution in [1.82, 2.24) is 30.2 Å². The van der Waals surface area contributed by atoms with E-state index in [1.54, 1.807) is 12.3 Å². The molecule has 0 bridgehead atoms. The lowest BCUT2D eigenvalue weighted by molar-refractivity contribution is -0.138. The number of nitrogens with zero attached hydrogens (tertiary/aromatic N) is 5. The van der Waals surface area contributed by atoms with Crippen molar-refractivity contribution in [3.63, 3.8) is 0 Å². The Kier molecular flexibility index (Phi) is 15.6. The molecule has 1 amide bonds. The molecule has 314 valence electrons. The van der Waals surface area contributed by atoms with E-state index in [2.05, 4.69) is 30.2 Å². The number of alkyl halides is 9. The number of nitrogen functional groups attached to an aromatic ring is 2. The van der Waals surface area contributed by atoms with Crippen LogP contribution in [0.25, 0.3) is 10.9 Å². The summed E-state index contributed by atoms with van der Waals surface area (Å²) in [7, 11) is 0. The minimum absolute atomic E-state index is 0. The van der Waals surface area contributed by atoms with E-state index < -0.39 is 41.1 Å². The van der Waals surface area contributed by atoms with Gasteiger partial charge >= 0.3 is 18.5 Å². The first-order valence-electron chi connectivity index (χ1n) is 16.5. The van der Waals surface area contributed by atoms with E-state index in [0.29, 0.717) is 17.1 Å². The minimum Gasteiger partial charge on any atom is -0.384 e. The Morgan fingerprint density at radius 3 is 1.92 bits per heavy atom. The van der Waals surface area contributed by atoms with Gasteiger partial charge < -0.3 is 16.8 Å². The van der Waals surface area contributed by atoms with Crippen molar-refractivity contribution < 1.29 is 44.3 Å². The average Bonchev–Trinajstić information content (AvgIpc) is 3.09. The Labute approximate surface area is 342 Å². The van der Waals surface area contributed by atoms with Crippen molar-refractivity contribution in [2.45, 2.75) is 59.7 Å². The molecule has 6 aromatic rings. The number of carbonyl (C=O) groups excluding carboxylic acids is 1. The molecule has 20 heteroatoms. The molecule has 0 spiro atoms. The summed E-state index contributed by atoms with van der Waals surface area (Å²) in [6.45, 7) is 4.00. The third-order valence-corrected chi connectivity index (χ3v) is 8.21. The summed E-state index contributed by atoms with van der Waals surface area (Å²) in [5.41, 5.74) is 11.3. The number of halogens is 11. The molecule has 0 saturated heterocycles. The molecule has 59 heavy (non-hydrogen) atoms. The predicted molar refractivity (Wildman–Crippen MR) is 207 cm³/mol. The molecule has 1 aromatic carbocycles. The molecule has 0 aliphatic carbocycles. The number of hydrogen-bond donors (Lipinski definition) is 3. The molecule has 5 heterocycles. The van der Waals surface area contributed by atoms with Gasteiger partial charge in [-0.15, -0.1) is 0 Å². The predicted octanol–water partition coefficient (Wildman–Crippen LogP) is 10.8. The van der Waals surface area contributed by atoms with E-state index in [0.717, 1.165) is 46.8 Å². The average molecular weight is 874 g/mol. The third kappa shape index (κ3) is 14.0. The molecule has 9 nitrogen and oxygen atoms in total. The highest BCUT2D eigenvalue weighted by atomic mass is 35.5. The molecule has 0 fully saturated rings. The number of amides is 1. The smallest absolute Gasteiger partial charge is 0.384 e. The highest BCUT2D eigenvalue weighted by molar-refractivity contribution is 6.31. The van der Waals surface area contributed by atoms with Gasteiger partial charge in [-0.1, -0.05) is 36.7 Å². The summed E-state index contributed by atoms with van der Waals surface area (Å²) in [6, 6.07) is 14.9. The van der Waals surface area contributed by atoms with Crippen LogP contribution in [0.15, 0.2) is 79.1 Å². The number of aryl methyl sites for hydroxylation is 3.